The first-order chi connectivity index (χ1) is 9.17. The van der Waals surface area contributed by atoms with Gasteiger partial charge in [-0.25, -0.2) is 0 Å². The van der Waals surface area contributed by atoms with Crippen molar-refractivity contribution in [2.45, 2.75) is 0 Å². The van der Waals surface area contributed by atoms with Crippen molar-refractivity contribution in [3.05, 3.63) is 47.7 Å². The van der Waals surface area contributed by atoms with Crippen molar-refractivity contribution in [1.29, 1.82) is 0 Å². The summed E-state index contributed by atoms with van der Waals surface area (Å²) in [6.07, 6.45) is 0. The molecule has 0 saturated heterocycles. The molecule has 0 aliphatic heterocycles. The Labute approximate surface area is 111 Å². The smallest absolute Gasteiger partial charge is 0.130 e. The average Bonchev–Trinajstić information content (AvgIpc) is 2.46. The molecule has 0 radical (unpaired) electrons. The summed E-state index contributed by atoms with van der Waals surface area (Å²) in [7, 11) is 3.13. The van der Waals surface area contributed by atoms with Gasteiger partial charge in [-0.3, -0.25) is 5.21 Å². The molecule has 1 N–H and O–H groups in total. The molecule has 2 aromatic carbocycles. The maximum Gasteiger partial charge on any atom is 0.130 e. The Morgan fingerprint density at radius 2 is 1.58 bits per heavy atom. The Bertz CT molecular complexity index is 547. The molecule has 19 heavy (non-hydrogen) atoms. The normalized spacial score (nSPS) is 10.1. The quantitative estimate of drug-likeness (QED) is 0.856. The molecule has 0 fully saturated rings. The fourth-order valence-electron chi connectivity index (χ4n) is 1.92. The zero-order chi connectivity index (χ0) is 13.8. The highest BCUT2D eigenvalue weighted by Crippen LogP contribution is 2.39. The van der Waals surface area contributed by atoms with E-state index in [1.165, 1.54) is 6.07 Å². The molecule has 0 bridgehead atoms. The molecule has 5 nitrogen and oxygen atoms in total. The van der Waals surface area contributed by atoms with E-state index in [-0.39, 0.29) is 10.9 Å². The molecule has 0 saturated carbocycles. The number of benzene rings is 2. The minimum atomic E-state index is -0.175. The van der Waals surface area contributed by atoms with E-state index in [1.54, 1.807) is 38.5 Å². The van der Waals surface area contributed by atoms with Crippen LogP contribution in [0.1, 0.15) is 0 Å². The van der Waals surface area contributed by atoms with Gasteiger partial charge in [0, 0.05) is 0 Å². The third-order valence-electron chi connectivity index (χ3n) is 2.78. The highest BCUT2D eigenvalue weighted by molar-refractivity contribution is 5.79. The van der Waals surface area contributed by atoms with Crippen molar-refractivity contribution >= 4 is 5.69 Å². The number of rotatable bonds is 4. The summed E-state index contributed by atoms with van der Waals surface area (Å²) in [4.78, 5) is 0. The highest BCUT2D eigenvalue weighted by atomic mass is 16.8. The van der Waals surface area contributed by atoms with E-state index in [9.17, 15) is 5.21 Å². The van der Waals surface area contributed by atoms with Gasteiger partial charge < -0.3 is 19.9 Å². The zero-order valence-corrected chi connectivity index (χ0v) is 10.7. The molecule has 0 unspecified atom stereocenters. The maximum atomic E-state index is 10.9. The largest absolute Gasteiger partial charge is 0.733 e. The van der Waals surface area contributed by atoms with Crippen LogP contribution >= 0.6 is 0 Å². The average molecular weight is 260 g/mol. The van der Waals surface area contributed by atoms with Gasteiger partial charge in [0.15, 0.2) is 0 Å². The van der Waals surface area contributed by atoms with Crippen LogP contribution < -0.4 is 14.7 Å². The Kier molecular flexibility index (Phi) is 3.89. The summed E-state index contributed by atoms with van der Waals surface area (Å²) in [5.41, 5.74) is 1.60. The third-order valence-corrected chi connectivity index (χ3v) is 2.78. The van der Waals surface area contributed by atoms with E-state index in [2.05, 4.69) is 0 Å². The predicted molar refractivity (Wildman–Crippen MR) is 72.6 cm³/mol. The van der Waals surface area contributed by atoms with Crippen molar-refractivity contribution in [3.8, 4) is 22.6 Å². The second-order valence-corrected chi connectivity index (χ2v) is 3.86. The minimum absolute atomic E-state index is 0.144. The molecular formula is C14H14NO4-. The number of anilines is 1. The van der Waals surface area contributed by atoms with Crippen LogP contribution in [0.5, 0.6) is 11.5 Å². The van der Waals surface area contributed by atoms with Crippen LogP contribution in [0.3, 0.4) is 0 Å². The van der Waals surface area contributed by atoms with Gasteiger partial charge in [-0.15, -0.1) is 0 Å². The summed E-state index contributed by atoms with van der Waals surface area (Å²) in [5, 5.41) is 19.7. The summed E-state index contributed by atoms with van der Waals surface area (Å²) in [6, 6.07) is 12.0. The molecule has 2 aromatic rings. The summed E-state index contributed by atoms with van der Waals surface area (Å²) < 4.78 is 10.6. The number of hydrogen-bond donors (Lipinski definition) is 1. The summed E-state index contributed by atoms with van der Waals surface area (Å²) in [6.45, 7) is 0. The topological polar surface area (TPSA) is 65.0 Å². The maximum absolute atomic E-state index is 10.9. The lowest BCUT2D eigenvalue weighted by Crippen LogP contribution is -2.06. The lowest BCUT2D eigenvalue weighted by atomic mass is 10.0. The van der Waals surface area contributed by atoms with Crippen LogP contribution in [-0.2, 0) is 0 Å². The van der Waals surface area contributed by atoms with Gasteiger partial charge in [0.2, 0.25) is 0 Å². The first kappa shape index (κ1) is 13.2. The fraction of sp³-hybridized carbons (Fsp3) is 0.143. The molecule has 0 spiro atoms. The lowest BCUT2D eigenvalue weighted by molar-refractivity contribution is 0.296. The van der Waals surface area contributed by atoms with Crippen LogP contribution in [-0.4, -0.2) is 19.4 Å². The summed E-state index contributed by atoms with van der Waals surface area (Å²) >= 11 is 0. The second kappa shape index (κ2) is 5.60. The van der Waals surface area contributed by atoms with Crippen molar-refractivity contribution in [2.75, 3.05) is 19.4 Å². The molecule has 100 valence electrons. The fourth-order valence-corrected chi connectivity index (χ4v) is 1.92. The standard InChI is InChI=1S/C14H14NO4/c1-18-12-7-4-8-13(19-2)14(12)10-5-3-6-11(9-10)15(16)17/h3-9,16H,1-2H3/q-1. The first-order valence-electron chi connectivity index (χ1n) is 5.65. The van der Waals surface area contributed by atoms with Gasteiger partial charge in [-0.2, -0.15) is 0 Å². The van der Waals surface area contributed by atoms with E-state index < -0.39 is 0 Å². The van der Waals surface area contributed by atoms with E-state index >= 15 is 0 Å². The Hall–Kier alpha value is -2.24. The van der Waals surface area contributed by atoms with Crippen LogP contribution in [0.15, 0.2) is 42.5 Å². The van der Waals surface area contributed by atoms with Crippen LogP contribution in [0.2, 0.25) is 0 Å². The van der Waals surface area contributed by atoms with E-state index in [0.717, 1.165) is 11.1 Å². The second-order valence-electron chi connectivity index (χ2n) is 3.86. The van der Waals surface area contributed by atoms with Gasteiger partial charge >= 0.3 is 0 Å². The highest BCUT2D eigenvalue weighted by Gasteiger charge is 2.12. The molecular weight excluding hydrogens is 246 g/mol. The van der Waals surface area contributed by atoms with E-state index in [1.807, 2.05) is 12.1 Å². The number of hydrogen-bond acceptors (Lipinski definition) is 5. The monoisotopic (exact) mass is 260 g/mol. The minimum Gasteiger partial charge on any atom is -0.733 e. The van der Waals surface area contributed by atoms with Crippen molar-refractivity contribution in [1.82, 2.24) is 0 Å². The van der Waals surface area contributed by atoms with E-state index in [4.69, 9.17) is 14.7 Å². The molecule has 2 rings (SSSR count). The predicted octanol–water partition coefficient (Wildman–Crippen LogP) is 3.06. The molecule has 0 heterocycles. The Morgan fingerprint density at radius 1 is 1.00 bits per heavy atom. The molecule has 0 aliphatic rings. The van der Waals surface area contributed by atoms with Crippen LogP contribution in [0.25, 0.3) is 11.1 Å². The third kappa shape index (κ3) is 2.62. The zero-order valence-electron chi connectivity index (χ0n) is 10.7. The van der Waals surface area contributed by atoms with Gasteiger partial charge in [0.05, 0.1) is 25.5 Å². The molecule has 0 aromatic heterocycles. The van der Waals surface area contributed by atoms with Gasteiger partial charge in [-0.1, -0.05) is 18.2 Å². The SMILES string of the molecule is COc1cccc(OC)c1-c1cccc(N([O-])O)c1. The van der Waals surface area contributed by atoms with Crippen molar-refractivity contribution in [2.24, 2.45) is 0 Å². The van der Waals surface area contributed by atoms with E-state index in [0.29, 0.717) is 11.5 Å². The number of methoxy groups -OCH3 is 2. The molecule has 0 aliphatic carbocycles. The van der Waals surface area contributed by atoms with Gasteiger partial charge in [0.1, 0.15) is 11.5 Å². The Morgan fingerprint density at radius 3 is 2.11 bits per heavy atom. The number of nitrogens with zero attached hydrogens (tertiary/aromatic N) is 1. The van der Waals surface area contributed by atoms with Gasteiger partial charge in [0.25, 0.3) is 0 Å². The van der Waals surface area contributed by atoms with Crippen LogP contribution in [0, 0.1) is 5.21 Å². The lowest BCUT2D eigenvalue weighted by Gasteiger charge is -2.22. The Balaban J connectivity index is 2.60. The summed E-state index contributed by atoms with van der Waals surface area (Å²) in [5.74, 6) is 1.26. The molecule has 0 atom stereocenters. The number of ether oxygens (including phenoxy) is 2. The first-order valence-corrected chi connectivity index (χ1v) is 5.65. The van der Waals surface area contributed by atoms with Crippen molar-refractivity contribution < 1.29 is 14.7 Å². The van der Waals surface area contributed by atoms with Gasteiger partial charge in [-0.05, 0) is 29.8 Å². The van der Waals surface area contributed by atoms with Crippen molar-refractivity contribution in [3.63, 3.8) is 0 Å². The molecule has 0 amide bonds. The molecule has 5 heteroatoms. The van der Waals surface area contributed by atoms with Crippen LogP contribution in [0.4, 0.5) is 5.69 Å².